The lowest BCUT2D eigenvalue weighted by atomic mass is 10.2. The number of halogens is 1. The van der Waals surface area contributed by atoms with Crippen LogP contribution in [0.1, 0.15) is 13.9 Å². The van der Waals surface area contributed by atoms with E-state index in [1.54, 1.807) is 12.1 Å². The maximum absolute atomic E-state index is 10.9. The third-order valence-corrected chi connectivity index (χ3v) is 2.49. The Balaban J connectivity index is 3.22. The summed E-state index contributed by atoms with van der Waals surface area (Å²) in [6.07, 6.45) is 1.63. The normalized spacial score (nSPS) is 11.3. The second kappa shape index (κ2) is 5.16. The third-order valence-electron chi connectivity index (χ3n) is 1.69. The molecule has 0 N–H and O–H groups in total. The number of benzene rings is 1. The topological polar surface area (TPSA) is 35.5 Å². The van der Waals surface area contributed by atoms with Crippen molar-refractivity contribution in [1.82, 2.24) is 0 Å². The fourth-order valence-corrected chi connectivity index (χ4v) is 1.81. The van der Waals surface area contributed by atoms with Gasteiger partial charge in [-0.05, 0) is 40.3 Å². The van der Waals surface area contributed by atoms with Gasteiger partial charge in [0.1, 0.15) is 0 Å². The van der Waals surface area contributed by atoms with Crippen molar-refractivity contribution in [2.24, 2.45) is 0 Å². The first-order valence-electron chi connectivity index (χ1n) is 4.77. The molecule has 0 spiro atoms. The number of carbonyl (C=O) groups is 1. The van der Waals surface area contributed by atoms with Gasteiger partial charge in [0, 0.05) is 6.92 Å². The van der Waals surface area contributed by atoms with Crippen LogP contribution in [0.5, 0.6) is 11.5 Å². The zero-order valence-electron chi connectivity index (χ0n) is 9.41. The standard InChI is InChI=1S/C11H11IO3/c1-4-8-5-9(12)11(15-7(2)13)10(6-8)14-3/h4-6H,1H2,2-3H3/i1D. The molecular weight excluding hydrogens is 307 g/mol. The molecule has 0 amide bonds. The summed E-state index contributed by atoms with van der Waals surface area (Å²) < 4.78 is 18.0. The molecule has 0 atom stereocenters. The first-order valence-corrected chi connectivity index (χ1v) is 5.27. The molecule has 1 rings (SSSR count). The van der Waals surface area contributed by atoms with Crippen molar-refractivity contribution in [3.63, 3.8) is 0 Å². The van der Waals surface area contributed by atoms with Crippen LogP contribution in [0.15, 0.2) is 18.7 Å². The molecule has 0 fully saturated rings. The van der Waals surface area contributed by atoms with E-state index in [0.717, 1.165) is 9.13 Å². The Labute approximate surface area is 104 Å². The number of hydrogen-bond donors (Lipinski definition) is 0. The second-order valence-corrected chi connectivity index (χ2v) is 3.96. The highest BCUT2D eigenvalue weighted by molar-refractivity contribution is 14.1. The van der Waals surface area contributed by atoms with E-state index < -0.39 is 0 Å². The molecule has 3 nitrogen and oxygen atoms in total. The molecule has 0 saturated carbocycles. The van der Waals surface area contributed by atoms with Crippen LogP contribution in [0, 0.1) is 3.57 Å². The van der Waals surface area contributed by atoms with Gasteiger partial charge in [-0.3, -0.25) is 4.79 Å². The van der Waals surface area contributed by atoms with E-state index in [-0.39, 0.29) is 5.97 Å². The molecule has 0 aliphatic carbocycles. The van der Waals surface area contributed by atoms with Crippen molar-refractivity contribution >= 4 is 34.6 Å². The fourth-order valence-electron chi connectivity index (χ4n) is 1.08. The van der Waals surface area contributed by atoms with Crippen LogP contribution in [0.25, 0.3) is 6.08 Å². The Morgan fingerprint density at radius 2 is 2.40 bits per heavy atom. The third kappa shape index (κ3) is 2.95. The Morgan fingerprint density at radius 3 is 2.93 bits per heavy atom. The molecule has 0 heterocycles. The smallest absolute Gasteiger partial charge is 0.308 e. The van der Waals surface area contributed by atoms with E-state index >= 15 is 0 Å². The minimum atomic E-state index is -0.389. The molecule has 0 unspecified atom stereocenters. The number of hydrogen-bond acceptors (Lipinski definition) is 3. The minimum absolute atomic E-state index is 0.389. The highest BCUT2D eigenvalue weighted by Gasteiger charge is 2.12. The first kappa shape index (κ1) is 10.5. The minimum Gasteiger partial charge on any atom is -0.493 e. The number of ether oxygens (including phenoxy) is 2. The average Bonchev–Trinajstić information content (AvgIpc) is 2.21. The van der Waals surface area contributed by atoms with Crippen LogP contribution in [-0.4, -0.2) is 13.1 Å². The van der Waals surface area contributed by atoms with E-state index in [0.29, 0.717) is 11.5 Å². The van der Waals surface area contributed by atoms with Gasteiger partial charge in [-0.25, -0.2) is 0 Å². The molecule has 0 radical (unpaired) electrons. The monoisotopic (exact) mass is 319 g/mol. The van der Waals surface area contributed by atoms with E-state index in [4.69, 9.17) is 10.8 Å². The number of methoxy groups -OCH3 is 1. The van der Waals surface area contributed by atoms with Crippen LogP contribution in [0.2, 0.25) is 0 Å². The second-order valence-electron chi connectivity index (χ2n) is 2.79. The van der Waals surface area contributed by atoms with Crippen LogP contribution >= 0.6 is 22.6 Å². The van der Waals surface area contributed by atoms with Crippen molar-refractivity contribution in [2.75, 3.05) is 7.11 Å². The van der Waals surface area contributed by atoms with Crippen LogP contribution in [0.3, 0.4) is 0 Å². The van der Waals surface area contributed by atoms with Gasteiger partial charge in [0.05, 0.1) is 12.1 Å². The lowest BCUT2D eigenvalue weighted by molar-refractivity contribution is -0.132. The number of rotatable bonds is 3. The van der Waals surface area contributed by atoms with Crippen LogP contribution in [0.4, 0.5) is 0 Å². The SMILES string of the molecule is [2H]C=Cc1cc(I)c(OC(C)=O)c(OC)c1. The van der Waals surface area contributed by atoms with Gasteiger partial charge < -0.3 is 9.47 Å². The van der Waals surface area contributed by atoms with Crippen LogP contribution in [-0.2, 0) is 4.79 Å². The summed E-state index contributed by atoms with van der Waals surface area (Å²) in [7, 11) is 1.51. The zero-order chi connectivity index (χ0) is 12.1. The number of carbonyl (C=O) groups excluding carboxylic acids is 1. The molecule has 4 heteroatoms. The molecular formula is C11H11IO3. The summed E-state index contributed by atoms with van der Waals surface area (Å²) in [4.78, 5) is 10.9. The van der Waals surface area contributed by atoms with Crippen molar-refractivity contribution < 1.29 is 15.6 Å². The van der Waals surface area contributed by atoms with E-state index in [1.165, 1.54) is 20.6 Å². The molecule has 1 aromatic carbocycles. The predicted molar refractivity (Wildman–Crippen MR) is 67.1 cm³/mol. The van der Waals surface area contributed by atoms with Gasteiger partial charge in [0.2, 0.25) is 0 Å². The van der Waals surface area contributed by atoms with Gasteiger partial charge in [0.15, 0.2) is 11.5 Å². The average molecular weight is 319 g/mol. The number of esters is 1. The van der Waals surface area contributed by atoms with Gasteiger partial charge in [-0.2, -0.15) is 0 Å². The van der Waals surface area contributed by atoms with Crippen molar-refractivity contribution in [1.29, 1.82) is 0 Å². The summed E-state index contributed by atoms with van der Waals surface area (Å²) in [6.45, 7) is 2.53. The molecule has 0 saturated heterocycles. The van der Waals surface area contributed by atoms with Crippen LogP contribution < -0.4 is 9.47 Å². The van der Waals surface area contributed by atoms with Gasteiger partial charge >= 0.3 is 5.97 Å². The van der Waals surface area contributed by atoms with Gasteiger partial charge in [0.25, 0.3) is 0 Å². The van der Waals surface area contributed by atoms with E-state index in [1.807, 2.05) is 6.07 Å². The summed E-state index contributed by atoms with van der Waals surface area (Å²) >= 11 is 2.06. The molecule has 0 bridgehead atoms. The molecule has 0 aliphatic heterocycles. The summed E-state index contributed by atoms with van der Waals surface area (Å²) in [5, 5.41) is 0. The zero-order valence-corrected chi connectivity index (χ0v) is 10.6. The lowest BCUT2D eigenvalue weighted by Gasteiger charge is -2.10. The maximum Gasteiger partial charge on any atom is 0.308 e. The lowest BCUT2D eigenvalue weighted by Crippen LogP contribution is -2.04. The van der Waals surface area contributed by atoms with E-state index in [9.17, 15) is 4.79 Å². The molecule has 15 heavy (non-hydrogen) atoms. The highest BCUT2D eigenvalue weighted by atomic mass is 127. The molecule has 0 aliphatic rings. The fraction of sp³-hybridized carbons (Fsp3) is 0.182. The molecule has 80 valence electrons. The predicted octanol–water partition coefficient (Wildman–Crippen LogP) is 2.87. The summed E-state index contributed by atoms with van der Waals surface area (Å²) in [5.41, 5.74) is 0.826. The van der Waals surface area contributed by atoms with Gasteiger partial charge in [-0.15, -0.1) is 0 Å². The van der Waals surface area contributed by atoms with E-state index in [2.05, 4.69) is 22.6 Å². The molecule has 0 aromatic heterocycles. The first-order chi connectivity index (χ1) is 7.58. The van der Waals surface area contributed by atoms with Crippen molar-refractivity contribution in [3.8, 4) is 11.5 Å². The Kier molecular flexibility index (Phi) is 3.60. The summed E-state index contributed by atoms with van der Waals surface area (Å²) in [5.74, 6) is 0.507. The molecule has 1 aromatic rings. The summed E-state index contributed by atoms with van der Waals surface area (Å²) in [6, 6.07) is 3.53. The largest absolute Gasteiger partial charge is 0.493 e. The Hall–Kier alpha value is -1.04. The van der Waals surface area contributed by atoms with Gasteiger partial charge in [-0.1, -0.05) is 12.6 Å². The highest BCUT2D eigenvalue weighted by Crippen LogP contribution is 2.34. The maximum atomic E-state index is 10.9. The van der Waals surface area contributed by atoms with Crippen molar-refractivity contribution in [3.05, 3.63) is 27.8 Å². The van der Waals surface area contributed by atoms with Crippen molar-refractivity contribution in [2.45, 2.75) is 6.92 Å². The Morgan fingerprint density at radius 1 is 1.67 bits per heavy atom. The Bertz CT molecular complexity index is 429. The quantitative estimate of drug-likeness (QED) is 0.488.